The second-order valence-corrected chi connectivity index (χ2v) is 12.4. The predicted molar refractivity (Wildman–Crippen MR) is 155 cm³/mol. The molecule has 3 fully saturated rings. The minimum Gasteiger partial charge on any atom is -0.496 e. The number of alkyl halides is 3. The van der Waals surface area contributed by atoms with Crippen molar-refractivity contribution in [1.29, 1.82) is 0 Å². The highest BCUT2D eigenvalue weighted by molar-refractivity contribution is 8.00. The number of hydrogen-bond acceptors (Lipinski definition) is 8. The number of nitrogens with one attached hydrogen (secondary N) is 1. The zero-order valence-electron chi connectivity index (χ0n) is 24.6. The Morgan fingerprint density at radius 1 is 1.05 bits per heavy atom. The van der Waals surface area contributed by atoms with E-state index < -0.39 is 41.5 Å². The van der Waals surface area contributed by atoms with Crippen LogP contribution in [0.1, 0.15) is 49.3 Å². The van der Waals surface area contributed by atoms with Gasteiger partial charge in [0, 0.05) is 29.7 Å². The van der Waals surface area contributed by atoms with Crippen LogP contribution in [0.25, 0.3) is 0 Å². The highest BCUT2D eigenvalue weighted by Crippen LogP contribution is 2.51. The first-order valence-electron chi connectivity index (χ1n) is 14.2. The van der Waals surface area contributed by atoms with Gasteiger partial charge in [-0.05, 0) is 36.1 Å². The molecule has 9 nitrogen and oxygen atoms in total. The monoisotopic (exact) mass is 636 g/mol. The smallest absolute Gasteiger partial charge is 0.490 e. The van der Waals surface area contributed by atoms with Crippen LogP contribution in [0.2, 0.25) is 0 Å². The number of carbonyl (C=O) groups excluding carboxylic acids is 3. The predicted octanol–water partition coefficient (Wildman–Crippen LogP) is 4.78. The third kappa shape index (κ3) is 6.73. The molecule has 0 spiro atoms. The molecule has 4 atom stereocenters. The number of halogens is 3. The van der Waals surface area contributed by atoms with Crippen LogP contribution in [0.5, 0.6) is 5.75 Å². The number of imide groups is 1. The minimum atomic E-state index is -5.08. The summed E-state index contributed by atoms with van der Waals surface area (Å²) in [4.78, 5) is 51.4. The van der Waals surface area contributed by atoms with Crippen LogP contribution in [0, 0.1) is 11.8 Å². The van der Waals surface area contributed by atoms with Crippen molar-refractivity contribution in [2.75, 3.05) is 21.3 Å². The molecule has 2 heterocycles. The van der Waals surface area contributed by atoms with Gasteiger partial charge in [0.05, 0.1) is 26.1 Å². The average Bonchev–Trinajstić information content (AvgIpc) is 3.46. The molecule has 5 rings (SSSR count). The largest absolute Gasteiger partial charge is 0.496 e. The van der Waals surface area contributed by atoms with Gasteiger partial charge in [-0.3, -0.25) is 24.6 Å². The summed E-state index contributed by atoms with van der Waals surface area (Å²) in [7, 11) is 4.47. The van der Waals surface area contributed by atoms with Gasteiger partial charge in [0.2, 0.25) is 11.8 Å². The number of carboxylic acids is 1. The molecule has 2 aromatic rings. The summed E-state index contributed by atoms with van der Waals surface area (Å²) < 4.78 is 42.8. The van der Waals surface area contributed by atoms with Crippen molar-refractivity contribution < 1.29 is 46.9 Å². The third-order valence-corrected chi connectivity index (χ3v) is 9.78. The first-order valence-corrected chi connectivity index (χ1v) is 15.1. The van der Waals surface area contributed by atoms with E-state index >= 15 is 0 Å². The summed E-state index contributed by atoms with van der Waals surface area (Å²) in [6.45, 7) is 0. The second-order valence-electron chi connectivity index (χ2n) is 11.1. The molecule has 0 unspecified atom stereocenters. The Balaban J connectivity index is 0.000000566. The minimum absolute atomic E-state index is 0.234. The SMILES string of the molecule is COC(=O)[C@]1(Cc2ccccc2)N[C@H](c2ccc(SC3CCCCC3)c(OC)c2)[C@@H]2C(=O)N(C)C(=O)[C@@H]21.O=C(O)C(F)(F)F. The van der Waals surface area contributed by atoms with Gasteiger partial charge in [0.15, 0.2) is 0 Å². The summed E-state index contributed by atoms with van der Waals surface area (Å²) in [5.41, 5.74) is 0.327. The average molecular weight is 637 g/mol. The number of amides is 2. The van der Waals surface area contributed by atoms with Crippen LogP contribution in [0.4, 0.5) is 13.2 Å². The number of aliphatic carboxylic acids is 1. The van der Waals surface area contributed by atoms with E-state index in [-0.39, 0.29) is 18.2 Å². The van der Waals surface area contributed by atoms with Crippen LogP contribution in [0.3, 0.4) is 0 Å². The van der Waals surface area contributed by atoms with Crippen LogP contribution in [-0.4, -0.2) is 72.0 Å². The molecule has 238 valence electrons. The summed E-state index contributed by atoms with van der Waals surface area (Å²) in [6.07, 6.45) is 1.37. The molecule has 2 saturated heterocycles. The summed E-state index contributed by atoms with van der Waals surface area (Å²) in [5, 5.41) is 11.1. The van der Waals surface area contributed by atoms with Crippen molar-refractivity contribution in [2.45, 2.75) is 66.4 Å². The Kier molecular flexibility index (Phi) is 10.3. The Bertz CT molecular complexity index is 1380. The van der Waals surface area contributed by atoms with E-state index in [4.69, 9.17) is 19.4 Å². The molecule has 0 bridgehead atoms. The van der Waals surface area contributed by atoms with Crippen molar-refractivity contribution in [3.63, 3.8) is 0 Å². The number of benzene rings is 2. The maximum absolute atomic E-state index is 13.4. The first-order chi connectivity index (χ1) is 20.8. The molecule has 2 aliphatic heterocycles. The molecule has 2 N–H and O–H groups in total. The van der Waals surface area contributed by atoms with Crippen molar-refractivity contribution in [3.8, 4) is 5.75 Å². The van der Waals surface area contributed by atoms with Crippen molar-refractivity contribution in [2.24, 2.45) is 11.8 Å². The molecule has 13 heteroatoms. The van der Waals surface area contributed by atoms with Crippen LogP contribution >= 0.6 is 11.8 Å². The number of ether oxygens (including phenoxy) is 2. The van der Waals surface area contributed by atoms with Crippen molar-refractivity contribution in [1.82, 2.24) is 10.2 Å². The van der Waals surface area contributed by atoms with E-state index in [0.29, 0.717) is 5.25 Å². The van der Waals surface area contributed by atoms with E-state index in [1.165, 1.54) is 46.3 Å². The van der Waals surface area contributed by atoms with Gasteiger partial charge in [0.1, 0.15) is 11.3 Å². The maximum atomic E-state index is 13.4. The fourth-order valence-electron chi connectivity index (χ4n) is 6.29. The number of carbonyl (C=O) groups is 4. The molecule has 2 amide bonds. The van der Waals surface area contributed by atoms with Crippen LogP contribution < -0.4 is 10.1 Å². The number of rotatable bonds is 7. The fourth-order valence-corrected chi connectivity index (χ4v) is 7.63. The molecule has 0 radical (unpaired) electrons. The molecule has 3 aliphatic rings. The molecular weight excluding hydrogens is 601 g/mol. The summed E-state index contributed by atoms with van der Waals surface area (Å²) >= 11 is 1.85. The quantitative estimate of drug-likeness (QED) is 0.327. The number of fused-ring (bicyclic) bond motifs is 1. The fraction of sp³-hybridized carbons (Fsp3) is 0.484. The standard InChI is InChI=1S/C29H34N2O5S.C2HF3O2/c1-31-26(32)23-24(27(31)33)29(28(34)36-3,17-18-10-6-4-7-11-18)30-25(23)19-14-15-22(21(16-19)35-2)37-20-12-8-5-9-13-20;3-2(4,5)1(6)7/h4,6-7,10-11,14-16,20,23-25,30H,5,8-9,12-13,17H2,1-3H3;(H,6,7)/t23-,24-,25-,29-;/m1./s1. The van der Waals surface area contributed by atoms with Gasteiger partial charge >= 0.3 is 18.1 Å². The molecule has 1 saturated carbocycles. The molecule has 44 heavy (non-hydrogen) atoms. The van der Waals surface area contributed by atoms with Crippen molar-refractivity contribution in [3.05, 3.63) is 59.7 Å². The Morgan fingerprint density at radius 3 is 2.25 bits per heavy atom. The highest BCUT2D eigenvalue weighted by Gasteiger charge is 2.68. The number of nitrogens with zero attached hydrogens (tertiary/aromatic N) is 1. The summed E-state index contributed by atoms with van der Waals surface area (Å²) in [6, 6.07) is 15.0. The van der Waals surface area contributed by atoms with Crippen molar-refractivity contribution >= 4 is 35.5 Å². The molecule has 1 aliphatic carbocycles. The van der Waals surface area contributed by atoms with Gasteiger partial charge in [-0.25, -0.2) is 4.79 Å². The number of likely N-dealkylation sites (tertiary alicyclic amines) is 1. The zero-order chi connectivity index (χ0) is 32.2. The lowest BCUT2D eigenvalue weighted by Gasteiger charge is -2.32. The first kappa shape index (κ1) is 33.3. The van der Waals surface area contributed by atoms with Gasteiger partial charge in [-0.2, -0.15) is 13.2 Å². The zero-order valence-corrected chi connectivity index (χ0v) is 25.4. The molecule has 0 aromatic heterocycles. The Hall–Kier alpha value is -3.58. The normalized spacial score (nSPS) is 25.2. The molecular formula is C31H35F3N2O7S. The van der Waals surface area contributed by atoms with Crippen LogP contribution in [-0.2, 0) is 30.3 Å². The number of esters is 1. The van der Waals surface area contributed by atoms with E-state index in [0.717, 1.165) is 26.7 Å². The van der Waals surface area contributed by atoms with Gasteiger partial charge < -0.3 is 14.6 Å². The molecule has 2 aromatic carbocycles. The van der Waals surface area contributed by atoms with Gasteiger partial charge in [-0.1, -0.05) is 55.7 Å². The number of hydrogen-bond donors (Lipinski definition) is 2. The lowest BCUT2D eigenvalue weighted by molar-refractivity contribution is -0.192. The maximum Gasteiger partial charge on any atom is 0.490 e. The van der Waals surface area contributed by atoms with Gasteiger partial charge in [-0.15, -0.1) is 11.8 Å². The highest BCUT2D eigenvalue weighted by atomic mass is 32.2. The Labute approximate surface area is 257 Å². The van der Waals surface area contributed by atoms with E-state index in [2.05, 4.69) is 5.32 Å². The number of methoxy groups -OCH3 is 2. The third-order valence-electron chi connectivity index (χ3n) is 8.39. The summed E-state index contributed by atoms with van der Waals surface area (Å²) in [5.74, 6) is -4.79. The number of carboxylic acid groups (broad SMARTS) is 1. The van der Waals surface area contributed by atoms with Crippen LogP contribution in [0.15, 0.2) is 53.4 Å². The lowest BCUT2D eigenvalue weighted by atomic mass is 9.76. The lowest BCUT2D eigenvalue weighted by Crippen LogP contribution is -2.57. The van der Waals surface area contributed by atoms with E-state index in [9.17, 15) is 27.6 Å². The van der Waals surface area contributed by atoms with E-state index in [1.54, 1.807) is 7.11 Å². The topological polar surface area (TPSA) is 122 Å². The van der Waals surface area contributed by atoms with Gasteiger partial charge in [0.25, 0.3) is 0 Å². The number of thioether (sulfide) groups is 1. The van der Waals surface area contributed by atoms with E-state index in [1.807, 2.05) is 60.3 Å². The second kappa shape index (κ2) is 13.6. The Morgan fingerprint density at radius 2 is 1.68 bits per heavy atom.